The Balaban J connectivity index is 1.67. The fourth-order valence-corrected chi connectivity index (χ4v) is 2.46. The summed E-state index contributed by atoms with van der Waals surface area (Å²) in [5, 5.41) is 7.14. The minimum Gasteiger partial charge on any atom is -0.493 e. The highest BCUT2D eigenvalue weighted by molar-refractivity contribution is 6.04. The number of rotatable bonds is 8. The Labute approximate surface area is 157 Å². The summed E-state index contributed by atoms with van der Waals surface area (Å²) in [6.45, 7) is 4.54. The largest absolute Gasteiger partial charge is 0.493 e. The van der Waals surface area contributed by atoms with Gasteiger partial charge in [0.2, 0.25) is 0 Å². The van der Waals surface area contributed by atoms with E-state index in [1.165, 1.54) is 7.11 Å². The van der Waals surface area contributed by atoms with E-state index in [1.54, 1.807) is 53.6 Å². The van der Waals surface area contributed by atoms with E-state index in [-0.39, 0.29) is 5.91 Å². The second-order valence-corrected chi connectivity index (χ2v) is 5.68. The lowest BCUT2D eigenvalue weighted by molar-refractivity contribution is 0.102. The molecule has 0 radical (unpaired) electrons. The van der Waals surface area contributed by atoms with Crippen molar-refractivity contribution in [2.24, 2.45) is 0 Å². The number of carbonyl (C=O) groups excluding carboxylic acids is 1. The summed E-state index contributed by atoms with van der Waals surface area (Å²) >= 11 is 0. The molecule has 0 atom stereocenters. The van der Waals surface area contributed by atoms with Gasteiger partial charge in [0.25, 0.3) is 5.91 Å². The Morgan fingerprint density at radius 1 is 1.30 bits per heavy atom. The van der Waals surface area contributed by atoms with Gasteiger partial charge >= 0.3 is 0 Å². The van der Waals surface area contributed by atoms with Gasteiger partial charge in [-0.2, -0.15) is 5.10 Å². The smallest absolute Gasteiger partial charge is 0.257 e. The second kappa shape index (κ2) is 8.66. The SMILES string of the molecule is C=CCOc1ccc(C(=O)Nc2ccn(Cc3cccnc3)n2)cc1OC. The maximum absolute atomic E-state index is 12.5. The summed E-state index contributed by atoms with van der Waals surface area (Å²) in [5.41, 5.74) is 1.47. The maximum atomic E-state index is 12.5. The quantitative estimate of drug-likeness (QED) is 0.621. The van der Waals surface area contributed by atoms with E-state index in [0.717, 1.165) is 5.56 Å². The van der Waals surface area contributed by atoms with Crippen molar-refractivity contribution in [1.82, 2.24) is 14.8 Å². The zero-order chi connectivity index (χ0) is 19.1. The van der Waals surface area contributed by atoms with Crippen molar-refractivity contribution in [3.8, 4) is 11.5 Å². The lowest BCUT2D eigenvalue weighted by atomic mass is 10.2. The van der Waals surface area contributed by atoms with E-state index in [1.807, 2.05) is 12.1 Å². The van der Waals surface area contributed by atoms with Crippen LogP contribution in [-0.2, 0) is 6.54 Å². The number of ether oxygens (including phenoxy) is 2. The minimum absolute atomic E-state index is 0.282. The molecule has 3 rings (SSSR count). The van der Waals surface area contributed by atoms with Gasteiger partial charge in [-0.3, -0.25) is 14.5 Å². The number of methoxy groups -OCH3 is 1. The predicted molar refractivity (Wildman–Crippen MR) is 102 cm³/mol. The molecular weight excluding hydrogens is 344 g/mol. The number of nitrogens with one attached hydrogen (secondary N) is 1. The molecule has 0 fully saturated rings. The van der Waals surface area contributed by atoms with Crippen LogP contribution in [0, 0.1) is 0 Å². The first-order valence-electron chi connectivity index (χ1n) is 8.35. The number of hydrogen-bond acceptors (Lipinski definition) is 5. The highest BCUT2D eigenvalue weighted by Crippen LogP contribution is 2.28. The first-order chi connectivity index (χ1) is 13.2. The molecule has 1 N–H and O–H groups in total. The summed E-state index contributed by atoms with van der Waals surface area (Å²) in [7, 11) is 1.53. The van der Waals surface area contributed by atoms with Gasteiger partial charge in [-0.05, 0) is 29.8 Å². The van der Waals surface area contributed by atoms with Crippen LogP contribution in [-0.4, -0.2) is 34.4 Å². The number of aromatic nitrogens is 3. The van der Waals surface area contributed by atoms with Crippen molar-refractivity contribution in [1.29, 1.82) is 0 Å². The zero-order valence-corrected chi connectivity index (χ0v) is 15.0. The average Bonchev–Trinajstić information content (AvgIpc) is 3.13. The van der Waals surface area contributed by atoms with Crippen LogP contribution < -0.4 is 14.8 Å². The molecule has 0 spiro atoms. The highest BCUT2D eigenvalue weighted by Gasteiger charge is 2.12. The molecule has 7 nitrogen and oxygen atoms in total. The van der Waals surface area contributed by atoms with Crippen LogP contribution in [0.25, 0.3) is 0 Å². The molecule has 0 unspecified atom stereocenters. The lowest BCUT2D eigenvalue weighted by Crippen LogP contribution is -2.13. The zero-order valence-electron chi connectivity index (χ0n) is 15.0. The molecule has 0 aliphatic heterocycles. The van der Waals surface area contributed by atoms with Crippen LogP contribution in [0.15, 0.2) is 67.6 Å². The molecule has 138 valence electrons. The first-order valence-corrected chi connectivity index (χ1v) is 8.35. The normalized spacial score (nSPS) is 10.3. The van der Waals surface area contributed by atoms with Crippen molar-refractivity contribution in [3.05, 3.63) is 78.8 Å². The fraction of sp³-hybridized carbons (Fsp3) is 0.150. The molecule has 0 aliphatic rings. The summed E-state index contributed by atoms with van der Waals surface area (Å²) in [6.07, 6.45) is 6.94. The predicted octanol–water partition coefficient (Wildman–Crippen LogP) is 3.15. The Bertz CT molecular complexity index is 922. The molecule has 2 heterocycles. The summed E-state index contributed by atoms with van der Waals surface area (Å²) in [4.78, 5) is 16.6. The van der Waals surface area contributed by atoms with Gasteiger partial charge in [-0.25, -0.2) is 0 Å². The van der Waals surface area contributed by atoms with Crippen LogP contribution in [0.5, 0.6) is 11.5 Å². The summed E-state index contributed by atoms with van der Waals surface area (Å²) in [5.74, 6) is 1.21. The van der Waals surface area contributed by atoms with Crippen LogP contribution in [0.1, 0.15) is 15.9 Å². The van der Waals surface area contributed by atoms with Crippen LogP contribution >= 0.6 is 0 Å². The Morgan fingerprint density at radius 3 is 2.93 bits per heavy atom. The molecule has 27 heavy (non-hydrogen) atoms. The fourth-order valence-electron chi connectivity index (χ4n) is 2.46. The number of hydrogen-bond donors (Lipinski definition) is 1. The van der Waals surface area contributed by atoms with Crippen molar-refractivity contribution >= 4 is 11.7 Å². The third kappa shape index (κ3) is 4.72. The number of nitrogens with zero attached hydrogens (tertiary/aromatic N) is 3. The van der Waals surface area contributed by atoms with Gasteiger partial charge in [0, 0.05) is 30.2 Å². The first kappa shape index (κ1) is 18.2. The average molecular weight is 364 g/mol. The van der Waals surface area contributed by atoms with Crippen molar-refractivity contribution in [2.45, 2.75) is 6.54 Å². The maximum Gasteiger partial charge on any atom is 0.257 e. The summed E-state index contributed by atoms with van der Waals surface area (Å²) < 4.78 is 12.5. The highest BCUT2D eigenvalue weighted by atomic mass is 16.5. The van der Waals surface area contributed by atoms with E-state index >= 15 is 0 Å². The van der Waals surface area contributed by atoms with Crippen molar-refractivity contribution < 1.29 is 14.3 Å². The molecule has 0 saturated carbocycles. The molecule has 7 heteroatoms. The van der Waals surface area contributed by atoms with Gasteiger partial charge < -0.3 is 14.8 Å². The number of anilines is 1. The van der Waals surface area contributed by atoms with Gasteiger partial charge in [-0.1, -0.05) is 18.7 Å². The monoisotopic (exact) mass is 364 g/mol. The Hall–Kier alpha value is -3.61. The van der Waals surface area contributed by atoms with Crippen LogP contribution in [0.4, 0.5) is 5.82 Å². The third-order valence-corrected chi connectivity index (χ3v) is 3.73. The Morgan fingerprint density at radius 2 is 2.19 bits per heavy atom. The number of carbonyl (C=O) groups is 1. The standard InChI is InChI=1S/C20H20N4O3/c1-3-11-27-17-7-6-16(12-18(17)26-2)20(25)22-19-8-10-24(23-19)14-15-5-4-9-21-13-15/h3-10,12-13H,1,11,14H2,2H3,(H,22,23,25). The van der Waals surface area contributed by atoms with Gasteiger partial charge in [-0.15, -0.1) is 0 Å². The molecule has 0 bridgehead atoms. The lowest BCUT2D eigenvalue weighted by Gasteiger charge is -2.10. The van der Waals surface area contributed by atoms with Crippen LogP contribution in [0.2, 0.25) is 0 Å². The third-order valence-electron chi connectivity index (χ3n) is 3.73. The molecule has 0 saturated heterocycles. The summed E-state index contributed by atoms with van der Waals surface area (Å²) in [6, 6.07) is 10.6. The van der Waals surface area contributed by atoms with E-state index in [2.05, 4.69) is 22.0 Å². The molecule has 1 aromatic carbocycles. The molecule has 0 aliphatic carbocycles. The van der Waals surface area contributed by atoms with Crippen LogP contribution in [0.3, 0.4) is 0 Å². The van der Waals surface area contributed by atoms with E-state index < -0.39 is 0 Å². The second-order valence-electron chi connectivity index (χ2n) is 5.68. The topological polar surface area (TPSA) is 78.3 Å². The number of pyridine rings is 1. The van der Waals surface area contributed by atoms with Gasteiger partial charge in [0.15, 0.2) is 17.3 Å². The minimum atomic E-state index is -0.282. The molecule has 2 aromatic heterocycles. The van der Waals surface area contributed by atoms with E-state index in [9.17, 15) is 4.79 Å². The van der Waals surface area contributed by atoms with Crippen molar-refractivity contribution in [2.75, 3.05) is 19.0 Å². The van der Waals surface area contributed by atoms with E-state index in [4.69, 9.17) is 9.47 Å². The van der Waals surface area contributed by atoms with Crippen molar-refractivity contribution in [3.63, 3.8) is 0 Å². The number of amides is 1. The number of benzene rings is 1. The van der Waals surface area contributed by atoms with E-state index in [0.29, 0.717) is 36.0 Å². The molecule has 3 aromatic rings. The molecule has 1 amide bonds. The van der Waals surface area contributed by atoms with Gasteiger partial charge in [0.1, 0.15) is 6.61 Å². The Kier molecular flexibility index (Phi) is 5.84. The molecular formula is C20H20N4O3. The van der Waals surface area contributed by atoms with Gasteiger partial charge in [0.05, 0.1) is 13.7 Å².